The van der Waals surface area contributed by atoms with Crippen molar-refractivity contribution in [3.05, 3.63) is 71.3 Å². The molecule has 25 heavy (non-hydrogen) atoms. The molecule has 0 saturated carbocycles. The van der Waals surface area contributed by atoms with Crippen molar-refractivity contribution in [3.63, 3.8) is 0 Å². The van der Waals surface area contributed by atoms with Gasteiger partial charge in [0.05, 0.1) is 0 Å². The Morgan fingerprint density at radius 2 is 1.64 bits per heavy atom. The second kappa shape index (κ2) is 8.21. The molecular weight excluding hydrogens is 334 g/mol. The Hall–Kier alpha value is -2.27. The summed E-state index contributed by atoms with van der Waals surface area (Å²) >= 11 is 3.98. The standard InChI is InChI=1S/C20H23NO3S/c1-20(2,3)24-19(23)21-13-17(14-9-5-4-6-10-14)15-11-7-8-12-16(15)18(22)25/h4-12,17H,13H2,1-3H3,(H,21,23)(H,22,25)/t17-/m0/s1. The largest absolute Gasteiger partial charge is 0.444 e. The predicted octanol–water partition coefficient (Wildman–Crippen LogP) is 4.41. The molecule has 0 aliphatic heterocycles. The molecule has 0 fully saturated rings. The fourth-order valence-corrected chi connectivity index (χ4v) is 2.79. The van der Waals surface area contributed by atoms with Crippen LogP contribution < -0.4 is 5.32 Å². The first-order valence-corrected chi connectivity index (χ1v) is 8.56. The zero-order valence-corrected chi connectivity index (χ0v) is 15.5. The number of thiol groups is 1. The van der Waals surface area contributed by atoms with E-state index in [1.807, 2.05) is 63.2 Å². The third-order valence-electron chi connectivity index (χ3n) is 3.62. The van der Waals surface area contributed by atoms with Gasteiger partial charge in [-0.15, -0.1) is 12.6 Å². The summed E-state index contributed by atoms with van der Waals surface area (Å²) in [6.45, 7) is 5.76. The van der Waals surface area contributed by atoms with Gasteiger partial charge in [-0.2, -0.15) is 0 Å². The quantitative estimate of drug-likeness (QED) is 0.779. The van der Waals surface area contributed by atoms with Gasteiger partial charge < -0.3 is 10.1 Å². The van der Waals surface area contributed by atoms with E-state index in [1.165, 1.54) is 0 Å². The highest BCUT2D eigenvalue weighted by molar-refractivity contribution is 7.97. The molecule has 0 aliphatic carbocycles. The Morgan fingerprint density at radius 1 is 1.04 bits per heavy atom. The van der Waals surface area contributed by atoms with Crippen LogP contribution in [0.3, 0.4) is 0 Å². The van der Waals surface area contributed by atoms with Crippen molar-refractivity contribution in [2.45, 2.75) is 32.3 Å². The van der Waals surface area contributed by atoms with E-state index in [9.17, 15) is 9.59 Å². The lowest BCUT2D eigenvalue weighted by molar-refractivity contribution is 0.0526. The molecule has 0 aliphatic rings. The number of rotatable bonds is 5. The van der Waals surface area contributed by atoms with Gasteiger partial charge in [0, 0.05) is 18.0 Å². The van der Waals surface area contributed by atoms with Crippen molar-refractivity contribution in [2.75, 3.05) is 6.54 Å². The summed E-state index contributed by atoms with van der Waals surface area (Å²) in [7, 11) is 0. The molecule has 0 heterocycles. The number of alkyl carbamates (subject to hydrolysis) is 1. The maximum Gasteiger partial charge on any atom is 0.407 e. The zero-order chi connectivity index (χ0) is 18.4. The highest BCUT2D eigenvalue weighted by atomic mass is 32.1. The van der Waals surface area contributed by atoms with E-state index in [0.717, 1.165) is 11.1 Å². The third kappa shape index (κ3) is 5.64. The van der Waals surface area contributed by atoms with E-state index in [4.69, 9.17) is 4.74 Å². The van der Waals surface area contributed by atoms with E-state index in [2.05, 4.69) is 17.9 Å². The predicted molar refractivity (Wildman–Crippen MR) is 102 cm³/mol. The normalized spacial score (nSPS) is 12.3. The minimum atomic E-state index is -0.564. The number of amides is 1. The van der Waals surface area contributed by atoms with E-state index in [1.54, 1.807) is 12.1 Å². The van der Waals surface area contributed by atoms with E-state index in [0.29, 0.717) is 12.1 Å². The summed E-state index contributed by atoms with van der Waals surface area (Å²) in [5, 5.41) is 2.51. The number of hydrogen-bond donors (Lipinski definition) is 2. The second-order valence-corrected chi connectivity index (χ2v) is 7.14. The number of nitrogens with one attached hydrogen (secondary N) is 1. The van der Waals surface area contributed by atoms with Crippen molar-refractivity contribution in [3.8, 4) is 0 Å². The van der Waals surface area contributed by atoms with Gasteiger partial charge in [0.2, 0.25) is 5.12 Å². The monoisotopic (exact) mass is 357 g/mol. The molecule has 132 valence electrons. The van der Waals surface area contributed by atoms with Gasteiger partial charge in [-0.05, 0) is 31.9 Å². The van der Waals surface area contributed by atoms with Crippen LogP contribution in [-0.4, -0.2) is 23.4 Å². The summed E-state index contributed by atoms with van der Waals surface area (Å²) in [5.41, 5.74) is 1.79. The lowest BCUT2D eigenvalue weighted by Gasteiger charge is -2.23. The number of benzene rings is 2. The number of ether oxygens (including phenoxy) is 1. The summed E-state index contributed by atoms with van der Waals surface area (Å²) in [6, 6.07) is 17.0. The molecule has 2 rings (SSSR count). The Bertz CT molecular complexity index is 738. The lowest BCUT2D eigenvalue weighted by Crippen LogP contribution is -2.35. The van der Waals surface area contributed by atoms with Gasteiger partial charge in [-0.1, -0.05) is 54.6 Å². The molecule has 4 nitrogen and oxygen atoms in total. The molecule has 0 aromatic heterocycles. The second-order valence-electron chi connectivity index (χ2n) is 6.74. The molecule has 0 unspecified atom stereocenters. The Balaban J connectivity index is 2.30. The van der Waals surface area contributed by atoms with Crippen LogP contribution in [0.1, 0.15) is 48.2 Å². The first-order valence-electron chi connectivity index (χ1n) is 8.12. The van der Waals surface area contributed by atoms with Crippen LogP contribution in [0.15, 0.2) is 54.6 Å². The smallest absolute Gasteiger partial charge is 0.407 e. The van der Waals surface area contributed by atoms with Crippen LogP contribution in [0, 0.1) is 0 Å². The molecule has 1 amide bonds. The highest BCUT2D eigenvalue weighted by Gasteiger charge is 2.22. The van der Waals surface area contributed by atoms with Crippen molar-refractivity contribution < 1.29 is 14.3 Å². The first-order chi connectivity index (χ1) is 11.8. The average molecular weight is 357 g/mol. The SMILES string of the molecule is CC(C)(C)OC(=O)NC[C@@H](c1ccccc1)c1ccccc1C(=O)S. The van der Waals surface area contributed by atoms with Crippen molar-refractivity contribution in [1.82, 2.24) is 5.32 Å². The Labute approximate surface area is 154 Å². The van der Waals surface area contributed by atoms with Gasteiger partial charge in [-0.25, -0.2) is 4.79 Å². The minimum absolute atomic E-state index is 0.180. The van der Waals surface area contributed by atoms with Crippen LogP contribution >= 0.6 is 12.6 Å². The van der Waals surface area contributed by atoms with Crippen LogP contribution in [0.25, 0.3) is 0 Å². The van der Waals surface area contributed by atoms with Crippen molar-refractivity contribution in [1.29, 1.82) is 0 Å². The summed E-state index contributed by atoms with van der Waals surface area (Å²) in [5.74, 6) is -0.180. The van der Waals surface area contributed by atoms with Gasteiger partial charge in [0.1, 0.15) is 5.60 Å². The van der Waals surface area contributed by atoms with E-state index >= 15 is 0 Å². The molecule has 2 aromatic rings. The fraction of sp³-hybridized carbons (Fsp3) is 0.300. The summed E-state index contributed by atoms with van der Waals surface area (Å²) in [4.78, 5) is 23.9. The maximum atomic E-state index is 12.0. The van der Waals surface area contributed by atoms with Crippen LogP contribution in [-0.2, 0) is 4.74 Å². The van der Waals surface area contributed by atoms with Gasteiger partial charge >= 0.3 is 6.09 Å². The molecule has 0 bridgehead atoms. The Morgan fingerprint density at radius 3 is 2.24 bits per heavy atom. The van der Waals surface area contributed by atoms with Crippen LogP contribution in [0.4, 0.5) is 4.79 Å². The molecule has 1 atom stereocenters. The minimum Gasteiger partial charge on any atom is -0.444 e. The zero-order valence-electron chi connectivity index (χ0n) is 14.7. The van der Waals surface area contributed by atoms with Gasteiger partial charge in [0.15, 0.2) is 0 Å². The number of carbonyl (C=O) groups is 2. The van der Waals surface area contributed by atoms with Gasteiger partial charge in [-0.3, -0.25) is 4.79 Å². The Kier molecular flexibility index (Phi) is 6.26. The lowest BCUT2D eigenvalue weighted by atomic mass is 9.88. The molecule has 5 heteroatoms. The van der Waals surface area contributed by atoms with Crippen LogP contribution in [0.2, 0.25) is 0 Å². The molecule has 0 radical (unpaired) electrons. The molecule has 0 saturated heterocycles. The molecule has 0 spiro atoms. The van der Waals surface area contributed by atoms with Crippen LogP contribution in [0.5, 0.6) is 0 Å². The number of carbonyl (C=O) groups excluding carboxylic acids is 2. The van der Waals surface area contributed by atoms with E-state index < -0.39 is 11.7 Å². The first kappa shape index (κ1) is 19.1. The molecular formula is C20H23NO3S. The molecule has 2 aromatic carbocycles. The summed E-state index contributed by atoms with van der Waals surface area (Å²) in [6.07, 6.45) is -0.483. The average Bonchev–Trinajstić information content (AvgIpc) is 2.54. The van der Waals surface area contributed by atoms with Crippen molar-refractivity contribution in [2.24, 2.45) is 0 Å². The van der Waals surface area contributed by atoms with Crippen molar-refractivity contribution >= 4 is 23.8 Å². The molecule has 1 N–H and O–H groups in total. The maximum absolute atomic E-state index is 12.0. The summed E-state index contributed by atoms with van der Waals surface area (Å²) < 4.78 is 5.31. The third-order valence-corrected chi connectivity index (χ3v) is 3.86. The van der Waals surface area contributed by atoms with E-state index in [-0.39, 0.29) is 11.0 Å². The highest BCUT2D eigenvalue weighted by Crippen LogP contribution is 2.28. The fourth-order valence-electron chi connectivity index (χ4n) is 2.59. The number of hydrogen-bond acceptors (Lipinski definition) is 3. The topological polar surface area (TPSA) is 55.4 Å². The van der Waals surface area contributed by atoms with Gasteiger partial charge in [0.25, 0.3) is 0 Å².